The van der Waals surface area contributed by atoms with Gasteiger partial charge in [-0.25, -0.2) is 0 Å². The van der Waals surface area contributed by atoms with Crippen molar-refractivity contribution in [3.63, 3.8) is 0 Å². The first-order chi connectivity index (χ1) is 6.90. The number of para-hydroxylation sites is 1. The number of hydrogen-bond donors (Lipinski definition) is 0. The number of hydrogen-bond acceptors (Lipinski definition) is 3. The average Bonchev–Trinajstić information content (AvgIpc) is 2.71. The van der Waals surface area contributed by atoms with Gasteiger partial charge in [-0.05, 0) is 12.1 Å². The lowest BCUT2D eigenvalue weighted by Crippen LogP contribution is -2.16. The molecule has 0 unspecified atom stereocenters. The Morgan fingerprint density at radius 2 is 2.29 bits per heavy atom. The van der Waals surface area contributed by atoms with Crippen LogP contribution in [0.1, 0.15) is 12.0 Å². The third-order valence-electron chi connectivity index (χ3n) is 2.19. The number of nitriles is 1. The minimum absolute atomic E-state index is 0.101. The van der Waals surface area contributed by atoms with Crippen molar-refractivity contribution in [2.24, 2.45) is 0 Å². The van der Waals surface area contributed by atoms with Crippen LogP contribution in [-0.4, -0.2) is 19.3 Å². The van der Waals surface area contributed by atoms with E-state index >= 15 is 0 Å². The smallest absolute Gasteiger partial charge is 0.137 e. The van der Waals surface area contributed by atoms with Crippen molar-refractivity contribution in [1.82, 2.24) is 0 Å². The molecule has 1 aromatic carbocycles. The molecular formula is C11H11NO2. The quantitative estimate of drug-likeness (QED) is 0.711. The largest absolute Gasteiger partial charge is 0.487 e. The third-order valence-corrected chi connectivity index (χ3v) is 2.19. The summed E-state index contributed by atoms with van der Waals surface area (Å²) in [5, 5.41) is 8.83. The lowest BCUT2D eigenvalue weighted by Gasteiger charge is -2.12. The fourth-order valence-corrected chi connectivity index (χ4v) is 1.45. The molecule has 0 radical (unpaired) electrons. The highest BCUT2D eigenvalue weighted by Crippen LogP contribution is 2.20. The Morgan fingerprint density at radius 3 is 3.00 bits per heavy atom. The molecule has 14 heavy (non-hydrogen) atoms. The average molecular weight is 189 g/mol. The Balaban J connectivity index is 2.11. The molecule has 72 valence electrons. The second kappa shape index (κ2) is 4.12. The Bertz CT molecular complexity index is 351. The summed E-state index contributed by atoms with van der Waals surface area (Å²) in [6.07, 6.45) is 1.00. The van der Waals surface area contributed by atoms with Gasteiger partial charge in [-0.2, -0.15) is 5.26 Å². The predicted molar refractivity (Wildman–Crippen MR) is 51.0 cm³/mol. The van der Waals surface area contributed by atoms with Crippen LogP contribution in [0.5, 0.6) is 5.75 Å². The van der Waals surface area contributed by atoms with Crippen LogP contribution in [-0.2, 0) is 4.74 Å². The fraction of sp³-hybridized carbons (Fsp3) is 0.364. The Morgan fingerprint density at radius 1 is 1.43 bits per heavy atom. The van der Waals surface area contributed by atoms with Crippen LogP contribution in [0.3, 0.4) is 0 Å². The Hall–Kier alpha value is -1.53. The number of rotatable bonds is 2. The van der Waals surface area contributed by atoms with Crippen molar-refractivity contribution in [1.29, 1.82) is 5.26 Å². The monoisotopic (exact) mass is 189 g/mol. The maximum absolute atomic E-state index is 8.83. The van der Waals surface area contributed by atoms with Crippen molar-refractivity contribution >= 4 is 0 Å². The lowest BCUT2D eigenvalue weighted by molar-refractivity contribution is 0.141. The highest BCUT2D eigenvalue weighted by molar-refractivity contribution is 5.42. The van der Waals surface area contributed by atoms with Crippen LogP contribution in [0.15, 0.2) is 24.3 Å². The van der Waals surface area contributed by atoms with Gasteiger partial charge in [0, 0.05) is 6.42 Å². The Labute approximate surface area is 82.9 Å². The van der Waals surface area contributed by atoms with E-state index in [-0.39, 0.29) is 6.10 Å². The van der Waals surface area contributed by atoms with E-state index in [1.807, 2.05) is 18.2 Å². The number of ether oxygens (including phenoxy) is 2. The molecule has 0 bridgehead atoms. The van der Waals surface area contributed by atoms with Crippen LogP contribution in [0.25, 0.3) is 0 Å². The summed E-state index contributed by atoms with van der Waals surface area (Å²) < 4.78 is 10.8. The van der Waals surface area contributed by atoms with Gasteiger partial charge >= 0.3 is 0 Å². The van der Waals surface area contributed by atoms with Gasteiger partial charge in [-0.1, -0.05) is 12.1 Å². The van der Waals surface area contributed by atoms with E-state index < -0.39 is 0 Å². The molecule has 0 aliphatic carbocycles. The maximum atomic E-state index is 8.83. The van der Waals surface area contributed by atoms with E-state index in [1.165, 1.54) is 0 Å². The molecule has 1 aliphatic rings. The van der Waals surface area contributed by atoms with Crippen molar-refractivity contribution in [2.75, 3.05) is 13.2 Å². The summed E-state index contributed by atoms with van der Waals surface area (Å²) >= 11 is 0. The minimum atomic E-state index is 0.101. The first-order valence-corrected chi connectivity index (χ1v) is 4.63. The van der Waals surface area contributed by atoms with Crippen molar-refractivity contribution < 1.29 is 9.47 Å². The van der Waals surface area contributed by atoms with Gasteiger partial charge < -0.3 is 9.47 Å². The topological polar surface area (TPSA) is 42.2 Å². The van der Waals surface area contributed by atoms with Gasteiger partial charge in [-0.15, -0.1) is 0 Å². The number of nitrogens with zero attached hydrogens (tertiary/aromatic N) is 1. The molecule has 1 atom stereocenters. The second-order valence-corrected chi connectivity index (χ2v) is 3.21. The SMILES string of the molecule is N#Cc1ccccc1O[C@H]1CCOC1. The van der Waals surface area contributed by atoms with E-state index in [4.69, 9.17) is 14.7 Å². The Kier molecular flexibility index (Phi) is 2.66. The molecule has 0 spiro atoms. The van der Waals surface area contributed by atoms with Gasteiger partial charge in [0.1, 0.15) is 17.9 Å². The molecule has 3 nitrogen and oxygen atoms in total. The molecule has 1 saturated heterocycles. The van der Waals surface area contributed by atoms with Crippen molar-refractivity contribution in [2.45, 2.75) is 12.5 Å². The van der Waals surface area contributed by atoms with E-state index in [0.717, 1.165) is 13.0 Å². The fourth-order valence-electron chi connectivity index (χ4n) is 1.45. The molecule has 0 N–H and O–H groups in total. The predicted octanol–water partition coefficient (Wildman–Crippen LogP) is 1.73. The summed E-state index contributed by atoms with van der Waals surface area (Å²) in [6, 6.07) is 9.37. The van der Waals surface area contributed by atoms with Crippen molar-refractivity contribution in [3.05, 3.63) is 29.8 Å². The number of benzene rings is 1. The highest BCUT2D eigenvalue weighted by atomic mass is 16.5. The molecule has 1 aliphatic heterocycles. The normalized spacial score (nSPS) is 20.4. The molecule has 0 aromatic heterocycles. The van der Waals surface area contributed by atoms with E-state index in [9.17, 15) is 0 Å². The first kappa shape index (κ1) is 9.04. The highest BCUT2D eigenvalue weighted by Gasteiger charge is 2.18. The van der Waals surface area contributed by atoms with Gasteiger partial charge in [0.05, 0.1) is 18.8 Å². The zero-order chi connectivity index (χ0) is 9.80. The minimum Gasteiger partial charge on any atom is -0.487 e. The van der Waals surface area contributed by atoms with E-state index in [1.54, 1.807) is 6.07 Å². The van der Waals surface area contributed by atoms with Gasteiger partial charge in [0.15, 0.2) is 0 Å². The lowest BCUT2D eigenvalue weighted by atomic mass is 10.2. The molecule has 0 amide bonds. The molecule has 0 saturated carbocycles. The second-order valence-electron chi connectivity index (χ2n) is 3.21. The summed E-state index contributed by atoms with van der Waals surface area (Å²) in [7, 11) is 0. The van der Waals surface area contributed by atoms with Crippen LogP contribution in [0.2, 0.25) is 0 Å². The van der Waals surface area contributed by atoms with E-state index in [0.29, 0.717) is 17.9 Å². The summed E-state index contributed by atoms with van der Waals surface area (Å²) in [6.45, 7) is 1.37. The molecule has 1 heterocycles. The first-order valence-electron chi connectivity index (χ1n) is 4.63. The third kappa shape index (κ3) is 1.86. The van der Waals surface area contributed by atoms with Crippen LogP contribution in [0.4, 0.5) is 0 Å². The van der Waals surface area contributed by atoms with Crippen LogP contribution < -0.4 is 4.74 Å². The van der Waals surface area contributed by atoms with Gasteiger partial charge in [-0.3, -0.25) is 0 Å². The zero-order valence-electron chi connectivity index (χ0n) is 7.77. The van der Waals surface area contributed by atoms with Gasteiger partial charge in [0.25, 0.3) is 0 Å². The molecule has 2 rings (SSSR count). The zero-order valence-corrected chi connectivity index (χ0v) is 7.77. The molecule has 1 fully saturated rings. The van der Waals surface area contributed by atoms with Crippen LogP contribution >= 0.6 is 0 Å². The van der Waals surface area contributed by atoms with Gasteiger partial charge in [0.2, 0.25) is 0 Å². The van der Waals surface area contributed by atoms with Crippen molar-refractivity contribution in [3.8, 4) is 11.8 Å². The van der Waals surface area contributed by atoms with E-state index in [2.05, 4.69) is 6.07 Å². The molecule has 3 heteroatoms. The molecule has 1 aromatic rings. The summed E-state index contributed by atoms with van der Waals surface area (Å²) in [5.41, 5.74) is 0.583. The summed E-state index contributed by atoms with van der Waals surface area (Å²) in [5.74, 6) is 0.658. The van der Waals surface area contributed by atoms with Crippen LogP contribution in [0, 0.1) is 11.3 Å². The standard InChI is InChI=1S/C11H11NO2/c12-7-9-3-1-2-4-11(9)14-10-5-6-13-8-10/h1-4,10H,5-6,8H2/t10-/m0/s1. The summed E-state index contributed by atoms with van der Waals surface area (Å²) in [4.78, 5) is 0. The molecular weight excluding hydrogens is 178 g/mol. The maximum Gasteiger partial charge on any atom is 0.137 e.